The smallest absolute Gasteiger partial charge is 0.140 e. The molecule has 0 saturated heterocycles. The van der Waals surface area contributed by atoms with Crippen LogP contribution in [0.5, 0.6) is 5.75 Å². The van der Waals surface area contributed by atoms with Crippen LogP contribution < -0.4 is 4.74 Å². The number of ether oxygens (including phenoxy) is 1. The number of hydrogen-bond donors (Lipinski definition) is 0. The maximum absolute atomic E-state index is 5.42. The Morgan fingerprint density at radius 3 is 2.31 bits per heavy atom. The molecular weight excluding hydrogens is 332 g/mol. The summed E-state index contributed by atoms with van der Waals surface area (Å²) in [5, 5.41) is 0. The normalized spacial score (nSPS) is 10.2. The van der Waals surface area contributed by atoms with Crippen molar-refractivity contribution >= 4 is 31.9 Å². The van der Waals surface area contributed by atoms with Gasteiger partial charge in [-0.3, -0.25) is 0 Å². The summed E-state index contributed by atoms with van der Waals surface area (Å²) in [6, 6.07) is 14.2. The summed E-state index contributed by atoms with van der Waals surface area (Å²) in [6.45, 7) is 0. The number of rotatable bonds is 2. The molecule has 0 radical (unpaired) electrons. The summed E-state index contributed by atoms with van der Waals surface area (Å²) in [5.74, 6) is 0.856. The Hall–Kier alpha value is -0.800. The van der Waals surface area contributed by atoms with E-state index in [1.54, 1.807) is 7.11 Å². The molecule has 82 valence electrons. The molecule has 0 heterocycles. The van der Waals surface area contributed by atoms with E-state index in [9.17, 15) is 0 Å². The summed E-state index contributed by atoms with van der Waals surface area (Å²) in [5.41, 5.74) is 2.21. The fraction of sp³-hybridized carbons (Fsp3) is 0.0769. The molecule has 2 aromatic carbocycles. The van der Waals surface area contributed by atoms with Gasteiger partial charge in [0.2, 0.25) is 0 Å². The predicted molar refractivity (Wildman–Crippen MR) is 73.8 cm³/mol. The van der Waals surface area contributed by atoms with Crippen molar-refractivity contribution < 1.29 is 4.74 Å². The zero-order valence-electron chi connectivity index (χ0n) is 8.71. The van der Waals surface area contributed by atoms with Crippen LogP contribution in [0.2, 0.25) is 0 Å². The van der Waals surface area contributed by atoms with Crippen molar-refractivity contribution in [3.63, 3.8) is 0 Å². The third kappa shape index (κ3) is 2.30. The van der Waals surface area contributed by atoms with Gasteiger partial charge in [0, 0.05) is 10.0 Å². The Balaban J connectivity index is 2.64. The highest BCUT2D eigenvalue weighted by atomic mass is 79.9. The predicted octanol–water partition coefficient (Wildman–Crippen LogP) is 4.89. The van der Waals surface area contributed by atoms with Gasteiger partial charge in [0.25, 0.3) is 0 Å². The Morgan fingerprint density at radius 1 is 1.00 bits per heavy atom. The van der Waals surface area contributed by atoms with Crippen LogP contribution in [0.25, 0.3) is 11.1 Å². The molecule has 0 N–H and O–H groups in total. The van der Waals surface area contributed by atoms with Crippen LogP contribution in [0.1, 0.15) is 0 Å². The van der Waals surface area contributed by atoms with Crippen molar-refractivity contribution in [3.8, 4) is 16.9 Å². The lowest BCUT2D eigenvalue weighted by atomic mass is 10.1. The molecule has 16 heavy (non-hydrogen) atoms. The highest BCUT2D eigenvalue weighted by Gasteiger charge is 2.10. The minimum atomic E-state index is 0.856. The first-order valence-electron chi connectivity index (χ1n) is 4.81. The van der Waals surface area contributed by atoms with Gasteiger partial charge in [-0.15, -0.1) is 0 Å². The summed E-state index contributed by atoms with van der Waals surface area (Å²) < 4.78 is 7.39. The van der Waals surface area contributed by atoms with Crippen molar-refractivity contribution in [1.82, 2.24) is 0 Å². The SMILES string of the molecule is COc1c(Br)cc(Br)cc1-c1ccccc1. The molecule has 0 unspecified atom stereocenters. The Kier molecular flexibility index (Phi) is 3.66. The Labute approximate surface area is 112 Å². The maximum Gasteiger partial charge on any atom is 0.140 e. The van der Waals surface area contributed by atoms with Crippen LogP contribution in [0.3, 0.4) is 0 Å². The van der Waals surface area contributed by atoms with E-state index in [1.165, 1.54) is 0 Å². The molecule has 2 rings (SSSR count). The van der Waals surface area contributed by atoms with Crippen LogP contribution >= 0.6 is 31.9 Å². The lowest BCUT2D eigenvalue weighted by Gasteiger charge is -2.11. The number of benzene rings is 2. The number of hydrogen-bond acceptors (Lipinski definition) is 1. The molecule has 0 atom stereocenters. The van der Waals surface area contributed by atoms with E-state index in [4.69, 9.17) is 4.74 Å². The fourth-order valence-electron chi connectivity index (χ4n) is 1.60. The highest BCUT2D eigenvalue weighted by molar-refractivity contribution is 9.11. The maximum atomic E-state index is 5.42. The molecule has 2 aromatic rings. The fourth-order valence-corrected chi connectivity index (χ4v) is 2.99. The molecule has 0 amide bonds. The molecule has 0 bridgehead atoms. The van der Waals surface area contributed by atoms with E-state index in [2.05, 4.69) is 50.1 Å². The first kappa shape index (κ1) is 11.7. The monoisotopic (exact) mass is 340 g/mol. The van der Waals surface area contributed by atoms with Gasteiger partial charge in [-0.1, -0.05) is 46.3 Å². The van der Waals surface area contributed by atoms with Crippen LogP contribution in [-0.4, -0.2) is 7.11 Å². The molecule has 0 aliphatic rings. The average Bonchev–Trinajstić information content (AvgIpc) is 2.29. The quantitative estimate of drug-likeness (QED) is 0.755. The van der Waals surface area contributed by atoms with Crippen LogP contribution in [-0.2, 0) is 0 Å². The average molecular weight is 342 g/mol. The van der Waals surface area contributed by atoms with Crippen LogP contribution in [0.15, 0.2) is 51.4 Å². The van der Waals surface area contributed by atoms with Gasteiger partial charge in [0.15, 0.2) is 0 Å². The lowest BCUT2D eigenvalue weighted by molar-refractivity contribution is 0.413. The Bertz CT molecular complexity index is 495. The molecule has 0 aliphatic carbocycles. The second-order valence-electron chi connectivity index (χ2n) is 3.33. The van der Waals surface area contributed by atoms with Crippen molar-refractivity contribution in [2.24, 2.45) is 0 Å². The van der Waals surface area contributed by atoms with E-state index in [0.717, 1.165) is 25.8 Å². The minimum Gasteiger partial charge on any atom is -0.495 e. The molecule has 0 aliphatic heterocycles. The minimum absolute atomic E-state index is 0.856. The number of halogens is 2. The van der Waals surface area contributed by atoms with Crippen molar-refractivity contribution in [2.75, 3.05) is 7.11 Å². The second kappa shape index (κ2) is 5.02. The molecule has 3 heteroatoms. The first-order valence-corrected chi connectivity index (χ1v) is 6.39. The largest absolute Gasteiger partial charge is 0.495 e. The van der Waals surface area contributed by atoms with E-state index < -0.39 is 0 Å². The van der Waals surface area contributed by atoms with Gasteiger partial charge < -0.3 is 4.74 Å². The van der Waals surface area contributed by atoms with E-state index in [1.807, 2.05) is 24.3 Å². The Morgan fingerprint density at radius 2 is 1.69 bits per heavy atom. The summed E-state index contributed by atoms with van der Waals surface area (Å²) in [6.07, 6.45) is 0. The van der Waals surface area contributed by atoms with Gasteiger partial charge in [0.1, 0.15) is 5.75 Å². The molecule has 0 fully saturated rings. The molecule has 0 spiro atoms. The highest BCUT2D eigenvalue weighted by Crippen LogP contribution is 2.38. The van der Waals surface area contributed by atoms with Crippen molar-refractivity contribution in [3.05, 3.63) is 51.4 Å². The van der Waals surface area contributed by atoms with E-state index in [-0.39, 0.29) is 0 Å². The second-order valence-corrected chi connectivity index (χ2v) is 5.10. The van der Waals surface area contributed by atoms with Crippen molar-refractivity contribution in [1.29, 1.82) is 0 Å². The van der Waals surface area contributed by atoms with Gasteiger partial charge in [0.05, 0.1) is 11.6 Å². The van der Waals surface area contributed by atoms with Gasteiger partial charge in [-0.25, -0.2) is 0 Å². The topological polar surface area (TPSA) is 9.23 Å². The van der Waals surface area contributed by atoms with Gasteiger partial charge >= 0.3 is 0 Å². The lowest BCUT2D eigenvalue weighted by Crippen LogP contribution is -1.89. The zero-order chi connectivity index (χ0) is 11.5. The molecule has 1 nitrogen and oxygen atoms in total. The standard InChI is InChI=1S/C13H10Br2O/c1-16-13-11(7-10(14)8-12(13)15)9-5-3-2-4-6-9/h2-8H,1H3. The summed E-state index contributed by atoms with van der Waals surface area (Å²) in [4.78, 5) is 0. The van der Waals surface area contributed by atoms with Crippen LogP contribution in [0.4, 0.5) is 0 Å². The third-order valence-corrected chi connectivity index (χ3v) is 3.34. The number of methoxy groups -OCH3 is 1. The van der Waals surface area contributed by atoms with Crippen molar-refractivity contribution in [2.45, 2.75) is 0 Å². The zero-order valence-corrected chi connectivity index (χ0v) is 11.9. The van der Waals surface area contributed by atoms with Gasteiger partial charge in [-0.05, 0) is 33.6 Å². The van der Waals surface area contributed by atoms with Gasteiger partial charge in [-0.2, -0.15) is 0 Å². The third-order valence-electron chi connectivity index (χ3n) is 2.30. The van der Waals surface area contributed by atoms with E-state index in [0.29, 0.717) is 0 Å². The summed E-state index contributed by atoms with van der Waals surface area (Å²) >= 11 is 6.99. The van der Waals surface area contributed by atoms with E-state index >= 15 is 0 Å². The first-order chi connectivity index (χ1) is 7.72. The molecular formula is C13H10Br2O. The molecule has 0 aromatic heterocycles. The molecule has 0 saturated carbocycles. The van der Waals surface area contributed by atoms with Crippen LogP contribution in [0, 0.1) is 0 Å². The summed E-state index contributed by atoms with van der Waals surface area (Å²) in [7, 11) is 1.68.